The summed E-state index contributed by atoms with van der Waals surface area (Å²) in [7, 11) is 0. The standard InChI is InChI=1S/C16H12ClFO2/c17-11-4-6-14(18)10(8-11)9-20-16-3-1-2-12-13(16)5-7-15(12)19/h1-4,6,8H,5,7,9H2. The van der Waals surface area contributed by atoms with Crippen LogP contribution in [-0.4, -0.2) is 5.78 Å². The molecule has 20 heavy (non-hydrogen) atoms. The van der Waals surface area contributed by atoms with Gasteiger partial charge in [-0.05, 0) is 30.7 Å². The van der Waals surface area contributed by atoms with Gasteiger partial charge in [0.1, 0.15) is 18.2 Å². The van der Waals surface area contributed by atoms with Crippen LogP contribution < -0.4 is 4.74 Å². The summed E-state index contributed by atoms with van der Waals surface area (Å²) >= 11 is 5.84. The van der Waals surface area contributed by atoms with Gasteiger partial charge in [0, 0.05) is 28.1 Å². The van der Waals surface area contributed by atoms with Crippen molar-refractivity contribution in [1.29, 1.82) is 0 Å². The van der Waals surface area contributed by atoms with Gasteiger partial charge in [-0.3, -0.25) is 4.79 Å². The third kappa shape index (κ3) is 2.41. The summed E-state index contributed by atoms with van der Waals surface area (Å²) < 4.78 is 19.3. The zero-order chi connectivity index (χ0) is 14.1. The Balaban J connectivity index is 1.83. The van der Waals surface area contributed by atoms with Gasteiger partial charge in [0.05, 0.1) is 0 Å². The van der Waals surface area contributed by atoms with E-state index >= 15 is 0 Å². The van der Waals surface area contributed by atoms with Crippen LogP contribution in [0.15, 0.2) is 36.4 Å². The topological polar surface area (TPSA) is 26.3 Å². The third-order valence-electron chi connectivity index (χ3n) is 3.43. The first-order chi connectivity index (χ1) is 9.65. The van der Waals surface area contributed by atoms with Crippen molar-refractivity contribution in [2.45, 2.75) is 19.4 Å². The molecular weight excluding hydrogens is 279 g/mol. The summed E-state index contributed by atoms with van der Waals surface area (Å²) in [6.07, 6.45) is 1.20. The Morgan fingerprint density at radius 1 is 1.20 bits per heavy atom. The molecule has 4 heteroatoms. The molecule has 0 fully saturated rings. The molecule has 0 saturated heterocycles. The normalized spacial score (nSPS) is 13.4. The molecule has 102 valence electrons. The molecule has 0 spiro atoms. The Labute approximate surface area is 121 Å². The lowest BCUT2D eigenvalue weighted by Gasteiger charge is -2.11. The SMILES string of the molecule is O=C1CCc2c(OCc3cc(Cl)ccc3F)cccc21. The van der Waals surface area contributed by atoms with Gasteiger partial charge in [-0.25, -0.2) is 4.39 Å². The van der Waals surface area contributed by atoms with Gasteiger partial charge in [-0.2, -0.15) is 0 Å². The highest BCUT2D eigenvalue weighted by Crippen LogP contribution is 2.31. The minimum absolute atomic E-state index is 0.0943. The van der Waals surface area contributed by atoms with Crippen LogP contribution in [0, 0.1) is 5.82 Å². The van der Waals surface area contributed by atoms with E-state index in [1.807, 2.05) is 0 Å². The Kier molecular flexibility index (Phi) is 3.45. The van der Waals surface area contributed by atoms with Crippen LogP contribution in [0.2, 0.25) is 5.02 Å². The maximum absolute atomic E-state index is 13.6. The van der Waals surface area contributed by atoms with Crippen molar-refractivity contribution >= 4 is 17.4 Å². The van der Waals surface area contributed by atoms with Gasteiger partial charge >= 0.3 is 0 Å². The van der Waals surface area contributed by atoms with Crippen LogP contribution >= 0.6 is 11.6 Å². The Bertz CT molecular complexity index is 682. The monoisotopic (exact) mass is 290 g/mol. The van der Waals surface area contributed by atoms with Gasteiger partial charge < -0.3 is 4.74 Å². The number of rotatable bonds is 3. The molecular formula is C16H12ClFO2. The Morgan fingerprint density at radius 2 is 2.05 bits per heavy atom. The first-order valence-corrected chi connectivity index (χ1v) is 6.75. The quantitative estimate of drug-likeness (QED) is 0.847. The van der Waals surface area contributed by atoms with E-state index in [0.29, 0.717) is 34.7 Å². The second-order valence-corrected chi connectivity index (χ2v) is 5.17. The van der Waals surface area contributed by atoms with E-state index in [4.69, 9.17) is 16.3 Å². The lowest BCUT2D eigenvalue weighted by molar-refractivity contribution is 0.0994. The van der Waals surface area contributed by atoms with Crippen molar-refractivity contribution in [3.63, 3.8) is 0 Å². The fourth-order valence-electron chi connectivity index (χ4n) is 2.40. The molecule has 0 amide bonds. The van der Waals surface area contributed by atoms with Gasteiger partial charge in [-0.15, -0.1) is 0 Å². The van der Waals surface area contributed by atoms with Crippen LogP contribution in [0.4, 0.5) is 4.39 Å². The van der Waals surface area contributed by atoms with Crippen molar-refractivity contribution < 1.29 is 13.9 Å². The summed E-state index contributed by atoms with van der Waals surface area (Å²) in [6, 6.07) is 9.76. The maximum atomic E-state index is 13.6. The number of carbonyl (C=O) groups excluding carboxylic acids is 1. The average Bonchev–Trinajstić information content (AvgIpc) is 2.82. The number of ether oxygens (including phenoxy) is 1. The van der Waals surface area contributed by atoms with Crippen molar-refractivity contribution in [1.82, 2.24) is 0 Å². The van der Waals surface area contributed by atoms with E-state index in [9.17, 15) is 9.18 Å². The van der Waals surface area contributed by atoms with E-state index in [0.717, 1.165) is 5.56 Å². The van der Waals surface area contributed by atoms with E-state index in [-0.39, 0.29) is 18.2 Å². The van der Waals surface area contributed by atoms with Crippen LogP contribution in [0.1, 0.15) is 27.9 Å². The Morgan fingerprint density at radius 3 is 2.90 bits per heavy atom. The number of halogens is 2. The Hall–Kier alpha value is -1.87. The van der Waals surface area contributed by atoms with Gasteiger partial charge in [-0.1, -0.05) is 23.7 Å². The van der Waals surface area contributed by atoms with E-state index in [2.05, 4.69) is 0 Å². The second-order valence-electron chi connectivity index (χ2n) is 4.73. The minimum Gasteiger partial charge on any atom is -0.488 e. The zero-order valence-corrected chi connectivity index (χ0v) is 11.4. The summed E-state index contributed by atoms with van der Waals surface area (Å²) in [5, 5.41) is 0.471. The lowest BCUT2D eigenvalue weighted by atomic mass is 10.1. The van der Waals surface area contributed by atoms with Crippen LogP contribution in [-0.2, 0) is 13.0 Å². The highest BCUT2D eigenvalue weighted by Gasteiger charge is 2.22. The molecule has 2 nitrogen and oxygen atoms in total. The molecule has 0 saturated carbocycles. The van der Waals surface area contributed by atoms with Gasteiger partial charge in [0.15, 0.2) is 5.78 Å². The molecule has 0 atom stereocenters. The number of Topliss-reactive ketones (excluding diaryl/α,β-unsaturated/α-hetero) is 1. The molecule has 1 aliphatic rings. The van der Waals surface area contributed by atoms with Crippen molar-refractivity contribution in [2.24, 2.45) is 0 Å². The predicted molar refractivity (Wildman–Crippen MR) is 74.8 cm³/mol. The largest absolute Gasteiger partial charge is 0.488 e. The van der Waals surface area contributed by atoms with Crippen molar-refractivity contribution in [2.75, 3.05) is 0 Å². The first kappa shape index (κ1) is 13.1. The number of benzene rings is 2. The van der Waals surface area contributed by atoms with Crippen LogP contribution in [0.3, 0.4) is 0 Å². The minimum atomic E-state index is -0.349. The first-order valence-electron chi connectivity index (χ1n) is 6.37. The van der Waals surface area contributed by atoms with Gasteiger partial charge in [0.2, 0.25) is 0 Å². The van der Waals surface area contributed by atoms with E-state index in [1.165, 1.54) is 12.1 Å². The molecule has 2 aromatic carbocycles. The molecule has 0 unspecified atom stereocenters. The number of ketones is 1. The molecule has 0 radical (unpaired) electrons. The predicted octanol–water partition coefficient (Wildman–Crippen LogP) is 4.19. The molecule has 3 rings (SSSR count). The summed E-state index contributed by atoms with van der Waals surface area (Å²) in [4.78, 5) is 11.7. The fraction of sp³-hybridized carbons (Fsp3) is 0.188. The molecule has 0 N–H and O–H groups in total. The third-order valence-corrected chi connectivity index (χ3v) is 3.66. The average molecular weight is 291 g/mol. The summed E-state index contributed by atoms with van der Waals surface area (Å²) in [6.45, 7) is 0.0943. The lowest BCUT2D eigenvalue weighted by Crippen LogP contribution is -2.01. The number of carbonyl (C=O) groups is 1. The fourth-order valence-corrected chi connectivity index (χ4v) is 2.60. The summed E-state index contributed by atoms with van der Waals surface area (Å²) in [5.74, 6) is 0.435. The molecule has 0 aromatic heterocycles. The maximum Gasteiger partial charge on any atom is 0.163 e. The number of fused-ring (bicyclic) bond motifs is 1. The highest BCUT2D eigenvalue weighted by molar-refractivity contribution is 6.30. The van der Waals surface area contributed by atoms with Crippen LogP contribution in [0.5, 0.6) is 5.75 Å². The van der Waals surface area contributed by atoms with E-state index < -0.39 is 0 Å². The van der Waals surface area contributed by atoms with Gasteiger partial charge in [0.25, 0.3) is 0 Å². The molecule has 1 aliphatic carbocycles. The summed E-state index contributed by atoms with van der Waals surface area (Å²) in [5.41, 5.74) is 2.04. The molecule has 0 heterocycles. The number of hydrogen-bond donors (Lipinski definition) is 0. The molecule has 2 aromatic rings. The van der Waals surface area contributed by atoms with E-state index in [1.54, 1.807) is 24.3 Å². The molecule has 0 aliphatic heterocycles. The van der Waals surface area contributed by atoms with Crippen LogP contribution in [0.25, 0.3) is 0 Å². The van der Waals surface area contributed by atoms with Crippen molar-refractivity contribution in [3.05, 3.63) is 63.9 Å². The zero-order valence-electron chi connectivity index (χ0n) is 10.7. The smallest absolute Gasteiger partial charge is 0.163 e. The number of hydrogen-bond acceptors (Lipinski definition) is 2. The highest BCUT2D eigenvalue weighted by atomic mass is 35.5. The van der Waals surface area contributed by atoms with Crippen molar-refractivity contribution in [3.8, 4) is 5.75 Å². The molecule has 0 bridgehead atoms. The second kappa shape index (κ2) is 5.25.